The van der Waals surface area contributed by atoms with Crippen molar-refractivity contribution in [2.75, 3.05) is 11.9 Å². The van der Waals surface area contributed by atoms with Crippen LogP contribution in [0.2, 0.25) is 0 Å². The number of carbonyl (C=O) groups excluding carboxylic acids is 2. The Morgan fingerprint density at radius 1 is 1.02 bits per heavy atom. The van der Waals surface area contributed by atoms with Crippen LogP contribution in [-0.4, -0.2) is 28.0 Å². The number of rotatable bonds is 7. The number of ether oxygens (including phenoxy) is 1. The Morgan fingerprint density at radius 3 is 2.54 bits per heavy atom. The Balaban J connectivity index is 1.40. The number of aromatic nitrogens is 2. The molecule has 0 atom stereocenters. The topological polar surface area (TPSA) is 90.3 Å². The SMILES string of the molecule is CCOC(=O)c1c(-c2ccc(C)cc2)csc1NC(=O)Cn1c(-c2ccccc2)nc2sc3c(c2c1=O)CCCC3. The third kappa shape index (κ3) is 5.23. The first-order valence-electron chi connectivity index (χ1n) is 13.7. The number of hydrogen-bond donors (Lipinski definition) is 1. The summed E-state index contributed by atoms with van der Waals surface area (Å²) in [6.45, 7) is 3.72. The number of anilines is 1. The van der Waals surface area contributed by atoms with Crippen molar-refractivity contribution in [2.24, 2.45) is 0 Å². The second-order valence-corrected chi connectivity index (χ2v) is 12.0. The molecule has 0 radical (unpaired) electrons. The van der Waals surface area contributed by atoms with E-state index >= 15 is 0 Å². The van der Waals surface area contributed by atoms with E-state index in [4.69, 9.17) is 9.72 Å². The number of fused-ring (bicyclic) bond motifs is 3. The van der Waals surface area contributed by atoms with Crippen LogP contribution in [0, 0.1) is 6.92 Å². The highest BCUT2D eigenvalue weighted by atomic mass is 32.1. The van der Waals surface area contributed by atoms with Gasteiger partial charge in [-0.25, -0.2) is 9.78 Å². The normalized spacial score (nSPS) is 12.7. The molecular weight excluding hydrogens is 555 g/mol. The van der Waals surface area contributed by atoms with E-state index in [1.54, 1.807) is 18.3 Å². The molecule has 9 heteroatoms. The van der Waals surface area contributed by atoms with E-state index in [1.807, 2.05) is 66.9 Å². The standard InChI is InChI=1S/C32H29N3O4S2/c1-3-39-32(38)27-23(20-15-13-19(2)14-16-20)18-40-29(27)33-25(36)17-35-28(21-9-5-4-6-10-21)34-30-26(31(35)37)22-11-7-8-12-24(22)41-30/h4-6,9-10,13-16,18H,3,7-8,11-12,17H2,1-2H3,(H,33,36). The van der Waals surface area contributed by atoms with E-state index in [1.165, 1.54) is 20.8 Å². The predicted octanol–water partition coefficient (Wildman–Crippen LogP) is 6.86. The largest absolute Gasteiger partial charge is 0.462 e. The number of esters is 1. The highest BCUT2D eigenvalue weighted by Gasteiger charge is 2.26. The summed E-state index contributed by atoms with van der Waals surface area (Å²) < 4.78 is 6.82. The van der Waals surface area contributed by atoms with Crippen molar-refractivity contribution in [1.29, 1.82) is 0 Å². The molecule has 0 aliphatic heterocycles. The molecule has 0 saturated heterocycles. The summed E-state index contributed by atoms with van der Waals surface area (Å²) in [6.07, 6.45) is 3.95. The van der Waals surface area contributed by atoms with E-state index in [9.17, 15) is 14.4 Å². The molecular formula is C32H29N3O4S2. The monoisotopic (exact) mass is 583 g/mol. The number of amides is 1. The summed E-state index contributed by atoms with van der Waals surface area (Å²) in [7, 11) is 0. The summed E-state index contributed by atoms with van der Waals surface area (Å²) in [5, 5.41) is 5.77. The molecule has 1 aliphatic carbocycles. The fourth-order valence-corrected chi connectivity index (χ4v) is 7.53. The lowest BCUT2D eigenvalue weighted by atomic mass is 9.97. The minimum Gasteiger partial charge on any atom is -0.462 e. The smallest absolute Gasteiger partial charge is 0.341 e. The Hall–Kier alpha value is -4.08. The third-order valence-electron chi connectivity index (χ3n) is 7.29. The molecule has 1 N–H and O–H groups in total. The number of thiophene rings is 2. The molecule has 5 aromatic rings. The van der Waals surface area contributed by atoms with Gasteiger partial charge in [0.25, 0.3) is 5.56 Å². The van der Waals surface area contributed by atoms with Crippen LogP contribution in [0.25, 0.3) is 32.7 Å². The molecule has 41 heavy (non-hydrogen) atoms. The maximum atomic E-state index is 14.0. The summed E-state index contributed by atoms with van der Waals surface area (Å²) in [5.41, 5.74) is 4.59. The average Bonchev–Trinajstić information content (AvgIpc) is 3.57. The van der Waals surface area contributed by atoms with Crippen LogP contribution in [0.1, 0.15) is 46.1 Å². The van der Waals surface area contributed by atoms with Crippen LogP contribution in [0.15, 0.2) is 64.8 Å². The van der Waals surface area contributed by atoms with Gasteiger partial charge in [-0.05, 0) is 50.7 Å². The minimum absolute atomic E-state index is 0.208. The van der Waals surface area contributed by atoms with Gasteiger partial charge in [0.15, 0.2) is 0 Å². The van der Waals surface area contributed by atoms with Gasteiger partial charge in [-0.3, -0.25) is 14.2 Å². The molecule has 0 bridgehead atoms. The predicted molar refractivity (Wildman–Crippen MR) is 165 cm³/mol. The lowest BCUT2D eigenvalue weighted by molar-refractivity contribution is -0.116. The van der Waals surface area contributed by atoms with Gasteiger partial charge in [-0.1, -0.05) is 60.2 Å². The van der Waals surface area contributed by atoms with Crippen LogP contribution in [0.5, 0.6) is 0 Å². The molecule has 1 amide bonds. The number of nitrogens with one attached hydrogen (secondary N) is 1. The number of carbonyl (C=O) groups is 2. The van der Waals surface area contributed by atoms with Crippen LogP contribution >= 0.6 is 22.7 Å². The fourth-order valence-electron chi connectivity index (χ4n) is 5.30. The molecule has 0 saturated carbocycles. The van der Waals surface area contributed by atoms with Crippen molar-refractivity contribution < 1.29 is 14.3 Å². The molecule has 3 aromatic heterocycles. The maximum absolute atomic E-state index is 14.0. The zero-order valence-electron chi connectivity index (χ0n) is 22.9. The second-order valence-electron chi connectivity index (χ2n) is 10.1. The van der Waals surface area contributed by atoms with E-state index in [-0.39, 0.29) is 18.7 Å². The fraction of sp³-hybridized carbons (Fsp3) is 0.250. The number of nitrogens with zero attached hydrogens (tertiary/aromatic N) is 2. The van der Waals surface area contributed by atoms with Gasteiger partial charge in [-0.15, -0.1) is 22.7 Å². The lowest BCUT2D eigenvalue weighted by Gasteiger charge is -2.14. The molecule has 208 valence electrons. The van der Waals surface area contributed by atoms with Crippen molar-refractivity contribution in [3.8, 4) is 22.5 Å². The van der Waals surface area contributed by atoms with Crippen LogP contribution in [0.4, 0.5) is 5.00 Å². The zero-order valence-corrected chi connectivity index (χ0v) is 24.5. The number of aryl methyl sites for hydroxylation is 3. The number of hydrogen-bond acceptors (Lipinski definition) is 7. The van der Waals surface area contributed by atoms with Gasteiger partial charge < -0.3 is 10.1 Å². The first-order valence-corrected chi connectivity index (χ1v) is 15.4. The van der Waals surface area contributed by atoms with E-state index in [2.05, 4.69) is 5.32 Å². The van der Waals surface area contributed by atoms with Crippen molar-refractivity contribution in [3.05, 3.63) is 91.9 Å². The van der Waals surface area contributed by atoms with Crippen molar-refractivity contribution in [1.82, 2.24) is 9.55 Å². The quantitative estimate of drug-likeness (QED) is 0.212. The molecule has 6 rings (SSSR count). The average molecular weight is 584 g/mol. The van der Waals surface area contributed by atoms with E-state index < -0.39 is 11.9 Å². The minimum atomic E-state index is -0.505. The summed E-state index contributed by atoms with van der Waals surface area (Å²) in [5.74, 6) is -0.471. The first kappa shape index (κ1) is 27.1. The van der Waals surface area contributed by atoms with E-state index in [0.717, 1.165) is 52.8 Å². The summed E-state index contributed by atoms with van der Waals surface area (Å²) in [6, 6.07) is 17.3. The van der Waals surface area contributed by atoms with Crippen molar-refractivity contribution in [2.45, 2.75) is 46.1 Å². The molecule has 0 fully saturated rings. The van der Waals surface area contributed by atoms with Crippen LogP contribution in [0.3, 0.4) is 0 Å². The first-order chi connectivity index (χ1) is 19.9. The highest BCUT2D eigenvalue weighted by molar-refractivity contribution is 7.18. The van der Waals surface area contributed by atoms with Crippen molar-refractivity contribution in [3.63, 3.8) is 0 Å². The Bertz CT molecular complexity index is 1820. The maximum Gasteiger partial charge on any atom is 0.341 e. The van der Waals surface area contributed by atoms with E-state index in [0.29, 0.717) is 27.3 Å². The van der Waals surface area contributed by atoms with Crippen molar-refractivity contribution >= 4 is 49.8 Å². The Labute approximate surface area is 245 Å². The van der Waals surface area contributed by atoms with Crippen LogP contribution in [-0.2, 0) is 28.9 Å². The van der Waals surface area contributed by atoms with Gasteiger partial charge in [0.2, 0.25) is 5.91 Å². The Kier molecular flexibility index (Phi) is 7.55. The second kappa shape index (κ2) is 11.4. The lowest BCUT2D eigenvalue weighted by Crippen LogP contribution is -2.30. The van der Waals surface area contributed by atoms with Gasteiger partial charge in [-0.2, -0.15) is 0 Å². The molecule has 1 aliphatic rings. The molecule has 0 spiro atoms. The molecule has 3 heterocycles. The van der Waals surface area contributed by atoms with Crippen LogP contribution < -0.4 is 10.9 Å². The molecule has 7 nitrogen and oxygen atoms in total. The molecule has 0 unspecified atom stereocenters. The van der Waals surface area contributed by atoms with Gasteiger partial charge in [0.1, 0.15) is 27.8 Å². The Morgan fingerprint density at radius 2 is 1.78 bits per heavy atom. The third-order valence-corrected chi connectivity index (χ3v) is 9.38. The summed E-state index contributed by atoms with van der Waals surface area (Å²) >= 11 is 2.85. The zero-order chi connectivity index (χ0) is 28.5. The molecule has 2 aromatic carbocycles. The van der Waals surface area contributed by atoms with Gasteiger partial charge in [0, 0.05) is 21.4 Å². The van der Waals surface area contributed by atoms with Gasteiger partial charge in [0.05, 0.1) is 12.0 Å². The number of benzene rings is 2. The van der Waals surface area contributed by atoms with Gasteiger partial charge >= 0.3 is 5.97 Å². The summed E-state index contributed by atoms with van der Waals surface area (Å²) in [4.78, 5) is 47.5. The highest BCUT2D eigenvalue weighted by Crippen LogP contribution is 2.37.